The maximum Gasteiger partial charge on any atom is 0.191 e. The van der Waals surface area contributed by atoms with Gasteiger partial charge in [-0.15, -0.1) is 0 Å². The number of fused-ring (bicyclic) bond motifs is 1. The van der Waals surface area contributed by atoms with Crippen molar-refractivity contribution >= 4 is 27.8 Å². The normalized spacial score (nSPS) is 21.9. The second kappa shape index (κ2) is 9.88. The number of aliphatic imine (C=N–C) groups is 1. The average molecular weight is 390 g/mol. The Kier molecular flexibility index (Phi) is 7.26. The summed E-state index contributed by atoms with van der Waals surface area (Å²) in [6.07, 6.45) is 6.20. The summed E-state index contributed by atoms with van der Waals surface area (Å²) in [4.78, 5) is 12.3. The molecule has 3 atom stereocenters. The lowest BCUT2D eigenvalue weighted by Gasteiger charge is -2.30. The van der Waals surface area contributed by atoms with E-state index < -0.39 is 10.8 Å². The minimum atomic E-state index is -0.697. The van der Waals surface area contributed by atoms with Crippen LogP contribution in [0.2, 0.25) is 0 Å². The van der Waals surface area contributed by atoms with Gasteiger partial charge in [-0.25, -0.2) is 4.98 Å². The monoisotopic (exact) mass is 389 g/mol. The smallest absolute Gasteiger partial charge is 0.191 e. The Morgan fingerprint density at radius 1 is 1.37 bits per heavy atom. The summed E-state index contributed by atoms with van der Waals surface area (Å²) in [6.45, 7) is 2.85. The van der Waals surface area contributed by atoms with Crippen LogP contribution in [0.4, 0.5) is 0 Å². The number of aromatic amines is 1. The largest absolute Gasteiger partial charge is 0.356 e. The number of imidazole rings is 1. The minimum absolute atomic E-state index is 0.326. The Morgan fingerprint density at radius 2 is 2.22 bits per heavy atom. The highest BCUT2D eigenvalue weighted by molar-refractivity contribution is 7.85. The molecule has 0 amide bonds. The molecule has 148 valence electrons. The molecule has 2 aromatic rings. The van der Waals surface area contributed by atoms with Crippen LogP contribution in [0.1, 0.15) is 44.9 Å². The van der Waals surface area contributed by atoms with Crippen LogP contribution in [0.5, 0.6) is 0 Å². The van der Waals surface area contributed by atoms with Crippen molar-refractivity contribution < 1.29 is 4.21 Å². The third-order valence-electron chi connectivity index (χ3n) is 5.17. The van der Waals surface area contributed by atoms with Crippen LogP contribution in [0.25, 0.3) is 11.0 Å². The summed E-state index contributed by atoms with van der Waals surface area (Å²) >= 11 is 0. The molecule has 6 nitrogen and oxygen atoms in total. The lowest BCUT2D eigenvalue weighted by molar-refractivity contribution is 0.413. The van der Waals surface area contributed by atoms with Crippen LogP contribution in [0.15, 0.2) is 29.3 Å². The van der Waals surface area contributed by atoms with Crippen molar-refractivity contribution in [3.8, 4) is 0 Å². The van der Waals surface area contributed by atoms with Gasteiger partial charge in [-0.2, -0.15) is 0 Å². The Labute approximate surface area is 164 Å². The molecule has 1 heterocycles. The van der Waals surface area contributed by atoms with E-state index in [1.54, 1.807) is 7.05 Å². The Hall–Kier alpha value is -1.89. The lowest BCUT2D eigenvalue weighted by Crippen LogP contribution is -2.46. The molecule has 3 unspecified atom stereocenters. The molecule has 1 aromatic heterocycles. The highest BCUT2D eigenvalue weighted by Gasteiger charge is 2.25. The van der Waals surface area contributed by atoms with E-state index >= 15 is 0 Å². The van der Waals surface area contributed by atoms with Gasteiger partial charge in [-0.1, -0.05) is 25.5 Å². The standard InChI is InChI=1S/C20H31N5OS/c1-3-27(26)16-9-6-8-15(14-16)23-20(21-2)22-13-7-12-19-24-17-10-4-5-11-18(17)25-19/h4-5,10-11,15-16H,3,6-9,12-14H2,1-2H3,(H,24,25)(H2,21,22,23). The van der Waals surface area contributed by atoms with Gasteiger partial charge in [-0.3, -0.25) is 9.20 Å². The van der Waals surface area contributed by atoms with Crippen molar-refractivity contribution in [2.45, 2.75) is 56.7 Å². The summed E-state index contributed by atoms with van der Waals surface area (Å²) in [5, 5.41) is 7.24. The summed E-state index contributed by atoms with van der Waals surface area (Å²) in [7, 11) is 1.11. The fourth-order valence-corrected chi connectivity index (χ4v) is 5.07. The molecular weight excluding hydrogens is 358 g/mol. The van der Waals surface area contributed by atoms with Crippen molar-refractivity contribution in [3.05, 3.63) is 30.1 Å². The van der Waals surface area contributed by atoms with E-state index in [9.17, 15) is 4.21 Å². The summed E-state index contributed by atoms with van der Waals surface area (Å²) < 4.78 is 12.1. The molecule has 1 saturated carbocycles. The number of benzene rings is 1. The second-order valence-corrected chi connectivity index (χ2v) is 9.11. The first-order valence-corrected chi connectivity index (χ1v) is 11.4. The zero-order valence-electron chi connectivity index (χ0n) is 16.3. The first-order chi connectivity index (χ1) is 13.2. The van der Waals surface area contributed by atoms with Gasteiger partial charge in [-0.05, 0) is 37.8 Å². The molecule has 0 radical (unpaired) electrons. The first-order valence-electron chi connectivity index (χ1n) is 9.97. The number of H-pyrrole nitrogens is 1. The number of para-hydroxylation sites is 2. The fourth-order valence-electron chi connectivity index (χ4n) is 3.73. The molecule has 0 aliphatic heterocycles. The molecule has 0 saturated heterocycles. The van der Waals surface area contributed by atoms with Crippen molar-refractivity contribution in [1.29, 1.82) is 0 Å². The number of aryl methyl sites for hydroxylation is 1. The topological polar surface area (TPSA) is 82.2 Å². The van der Waals surface area contributed by atoms with E-state index in [0.29, 0.717) is 11.3 Å². The Bertz CT molecular complexity index is 755. The van der Waals surface area contributed by atoms with Crippen LogP contribution in [-0.4, -0.2) is 50.8 Å². The molecule has 1 fully saturated rings. The molecule has 7 heteroatoms. The molecule has 3 rings (SSSR count). The molecule has 1 aliphatic rings. The van der Waals surface area contributed by atoms with Crippen molar-refractivity contribution in [2.75, 3.05) is 19.3 Å². The number of aromatic nitrogens is 2. The second-order valence-electron chi connectivity index (χ2n) is 7.10. The van der Waals surface area contributed by atoms with Crippen LogP contribution in [0.3, 0.4) is 0 Å². The average Bonchev–Trinajstić information content (AvgIpc) is 3.12. The number of nitrogens with zero attached hydrogens (tertiary/aromatic N) is 2. The van der Waals surface area contributed by atoms with Crippen molar-refractivity contribution in [2.24, 2.45) is 4.99 Å². The van der Waals surface area contributed by atoms with Gasteiger partial charge in [0.05, 0.1) is 11.0 Å². The molecular formula is C20H31N5OS. The van der Waals surface area contributed by atoms with Gasteiger partial charge < -0.3 is 15.6 Å². The molecule has 3 N–H and O–H groups in total. The predicted octanol–water partition coefficient (Wildman–Crippen LogP) is 2.74. The van der Waals surface area contributed by atoms with Crippen LogP contribution in [0, 0.1) is 0 Å². The summed E-state index contributed by atoms with van der Waals surface area (Å²) in [6, 6.07) is 8.48. The maximum absolute atomic E-state index is 12.1. The van der Waals surface area contributed by atoms with E-state index in [4.69, 9.17) is 0 Å². The highest BCUT2D eigenvalue weighted by atomic mass is 32.2. The fraction of sp³-hybridized carbons (Fsp3) is 0.600. The molecule has 0 bridgehead atoms. The Balaban J connectivity index is 1.41. The first kappa shape index (κ1) is 19.9. The van der Waals surface area contributed by atoms with Gasteiger partial charge in [0.1, 0.15) is 5.82 Å². The molecule has 1 aromatic carbocycles. The third-order valence-corrected chi connectivity index (χ3v) is 6.91. The summed E-state index contributed by atoms with van der Waals surface area (Å²) in [5.74, 6) is 2.62. The van der Waals surface area contributed by atoms with Gasteiger partial charge in [0.15, 0.2) is 5.96 Å². The van der Waals surface area contributed by atoms with Crippen LogP contribution in [-0.2, 0) is 17.2 Å². The molecule has 1 aliphatic carbocycles. The molecule has 0 spiro atoms. The SMILES string of the molecule is CCS(=O)C1CCCC(NC(=NC)NCCCc2nc3ccccc3[nH]2)C1. The number of hydrogen-bond donors (Lipinski definition) is 3. The zero-order chi connectivity index (χ0) is 19.1. The predicted molar refractivity (Wildman–Crippen MR) is 114 cm³/mol. The van der Waals surface area contributed by atoms with Gasteiger partial charge >= 0.3 is 0 Å². The van der Waals surface area contributed by atoms with Gasteiger partial charge in [0.25, 0.3) is 0 Å². The minimum Gasteiger partial charge on any atom is -0.356 e. The summed E-state index contributed by atoms with van der Waals surface area (Å²) in [5.41, 5.74) is 2.11. The zero-order valence-corrected chi connectivity index (χ0v) is 17.1. The maximum atomic E-state index is 12.1. The van der Waals surface area contributed by atoms with E-state index in [0.717, 1.165) is 73.6 Å². The van der Waals surface area contributed by atoms with E-state index in [-0.39, 0.29) is 0 Å². The highest BCUT2D eigenvalue weighted by Crippen LogP contribution is 2.23. The van der Waals surface area contributed by atoms with Gasteiger partial charge in [0, 0.05) is 47.9 Å². The number of guanidine groups is 1. The number of rotatable bonds is 7. The van der Waals surface area contributed by atoms with Crippen LogP contribution >= 0.6 is 0 Å². The van der Waals surface area contributed by atoms with Crippen molar-refractivity contribution in [3.63, 3.8) is 0 Å². The third kappa shape index (κ3) is 5.54. The van der Waals surface area contributed by atoms with E-state index in [1.165, 1.54) is 0 Å². The van der Waals surface area contributed by atoms with E-state index in [2.05, 4.69) is 31.7 Å². The number of hydrogen-bond acceptors (Lipinski definition) is 3. The van der Waals surface area contributed by atoms with Crippen LogP contribution < -0.4 is 10.6 Å². The molecule has 27 heavy (non-hydrogen) atoms. The number of nitrogens with one attached hydrogen (secondary N) is 3. The van der Waals surface area contributed by atoms with Gasteiger partial charge in [0.2, 0.25) is 0 Å². The van der Waals surface area contributed by atoms with Crippen molar-refractivity contribution in [1.82, 2.24) is 20.6 Å². The Morgan fingerprint density at radius 3 is 3.00 bits per heavy atom. The quantitative estimate of drug-likeness (QED) is 0.386. The lowest BCUT2D eigenvalue weighted by atomic mass is 9.95. The van der Waals surface area contributed by atoms with E-state index in [1.807, 2.05) is 25.1 Å².